The van der Waals surface area contributed by atoms with Gasteiger partial charge in [0.2, 0.25) is 0 Å². The van der Waals surface area contributed by atoms with Crippen molar-refractivity contribution in [2.24, 2.45) is 5.73 Å². The molecule has 84 valence electrons. The highest BCUT2D eigenvalue weighted by atomic mass is 32.1. The summed E-state index contributed by atoms with van der Waals surface area (Å²) >= 11 is 1.59. The lowest BCUT2D eigenvalue weighted by molar-refractivity contribution is 0.305. The summed E-state index contributed by atoms with van der Waals surface area (Å²) in [6.07, 6.45) is 1.78. The van der Waals surface area contributed by atoms with E-state index < -0.39 is 0 Å². The number of benzene rings is 1. The number of ether oxygens (including phenoxy) is 1. The number of nitrogens with zero attached hydrogens (tertiary/aromatic N) is 1. The highest BCUT2D eigenvalue weighted by Gasteiger charge is 2.02. The maximum Gasteiger partial charge on any atom is 0.140 e. The molecule has 1 heterocycles. The Morgan fingerprint density at radius 3 is 3.06 bits per heavy atom. The fourth-order valence-electron chi connectivity index (χ4n) is 1.36. The van der Waals surface area contributed by atoms with Crippen LogP contribution in [0.25, 0.3) is 0 Å². The summed E-state index contributed by atoms with van der Waals surface area (Å²) in [6, 6.07) is 7.89. The zero-order valence-electron chi connectivity index (χ0n) is 9.09. The molecule has 1 aromatic heterocycles. The van der Waals surface area contributed by atoms with Crippen LogP contribution in [-0.4, -0.2) is 4.98 Å². The monoisotopic (exact) mass is 234 g/mol. The van der Waals surface area contributed by atoms with E-state index >= 15 is 0 Å². The molecule has 0 radical (unpaired) electrons. The summed E-state index contributed by atoms with van der Waals surface area (Å²) in [7, 11) is 0. The first kappa shape index (κ1) is 11.1. The fourth-order valence-corrected chi connectivity index (χ4v) is 1.88. The predicted octanol–water partition coefficient (Wildman–Crippen LogP) is 2.74. The average molecular weight is 234 g/mol. The minimum Gasteiger partial charge on any atom is -0.486 e. The summed E-state index contributed by atoms with van der Waals surface area (Å²) in [5.74, 6) is 0.838. The third-order valence-corrected chi connectivity index (χ3v) is 2.98. The van der Waals surface area contributed by atoms with E-state index in [1.165, 1.54) is 0 Å². The molecule has 0 spiro atoms. The van der Waals surface area contributed by atoms with E-state index in [4.69, 9.17) is 10.5 Å². The molecule has 2 rings (SSSR count). The van der Waals surface area contributed by atoms with Gasteiger partial charge in [0, 0.05) is 17.6 Å². The van der Waals surface area contributed by atoms with Crippen molar-refractivity contribution in [2.45, 2.75) is 19.6 Å². The standard InChI is InChI=1S/C12H14N2OS/c1-9(13)10-3-2-4-11(7-10)15-8-12-14-5-6-16-12/h2-7,9H,8,13H2,1H3/t9-/m1/s1. The Hall–Kier alpha value is -1.39. The maximum absolute atomic E-state index is 5.81. The fraction of sp³-hybridized carbons (Fsp3) is 0.250. The molecule has 0 fully saturated rings. The van der Waals surface area contributed by atoms with Crippen molar-refractivity contribution < 1.29 is 4.74 Å². The minimum atomic E-state index is 0.0309. The molecule has 2 N–H and O–H groups in total. The minimum absolute atomic E-state index is 0.0309. The third kappa shape index (κ3) is 2.81. The van der Waals surface area contributed by atoms with E-state index in [0.717, 1.165) is 16.3 Å². The molecule has 0 aliphatic rings. The summed E-state index contributed by atoms with van der Waals surface area (Å²) in [5, 5.41) is 2.92. The van der Waals surface area contributed by atoms with Crippen LogP contribution in [0.2, 0.25) is 0 Å². The molecule has 3 nitrogen and oxygen atoms in total. The first-order valence-electron chi connectivity index (χ1n) is 5.12. The van der Waals surface area contributed by atoms with Crippen molar-refractivity contribution in [3.05, 3.63) is 46.4 Å². The molecular formula is C12H14N2OS. The van der Waals surface area contributed by atoms with Crippen LogP contribution in [0.5, 0.6) is 5.75 Å². The molecule has 1 aromatic carbocycles. The summed E-state index contributed by atoms with van der Waals surface area (Å²) < 4.78 is 5.63. The van der Waals surface area contributed by atoms with Gasteiger partial charge in [-0.2, -0.15) is 0 Å². The van der Waals surface area contributed by atoms with Gasteiger partial charge in [0.1, 0.15) is 17.4 Å². The second kappa shape index (κ2) is 5.09. The van der Waals surface area contributed by atoms with Gasteiger partial charge in [-0.3, -0.25) is 0 Å². The van der Waals surface area contributed by atoms with Crippen LogP contribution in [0.15, 0.2) is 35.8 Å². The van der Waals surface area contributed by atoms with Crippen molar-refractivity contribution in [1.29, 1.82) is 0 Å². The summed E-state index contributed by atoms with van der Waals surface area (Å²) in [6.45, 7) is 2.47. The molecule has 0 saturated heterocycles. The number of nitrogens with two attached hydrogens (primary N) is 1. The van der Waals surface area contributed by atoms with E-state index in [-0.39, 0.29) is 6.04 Å². The number of hydrogen-bond donors (Lipinski definition) is 1. The van der Waals surface area contributed by atoms with Gasteiger partial charge in [0.25, 0.3) is 0 Å². The lowest BCUT2D eigenvalue weighted by atomic mass is 10.1. The topological polar surface area (TPSA) is 48.1 Å². The molecular weight excluding hydrogens is 220 g/mol. The van der Waals surface area contributed by atoms with Gasteiger partial charge in [0.15, 0.2) is 0 Å². The van der Waals surface area contributed by atoms with Gasteiger partial charge in [-0.05, 0) is 24.6 Å². The number of aromatic nitrogens is 1. The molecule has 4 heteroatoms. The van der Waals surface area contributed by atoms with Gasteiger partial charge >= 0.3 is 0 Å². The van der Waals surface area contributed by atoms with Gasteiger partial charge in [-0.25, -0.2) is 4.98 Å². The van der Waals surface area contributed by atoms with Crippen molar-refractivity contribution in [1.82, 2.24) is 4.98 Å². The van der Waals surface area contributed by atoms with Crippen molar-refractivity contribution >= 4 is 11.3 Å². The second-order valence-corrected chi connectivity index (χ2v) is 4.55. The second-order valence-electron chi connectivity index (χ2n) is 3.58. The Kier molecular flexibility index (Phi) is 3.54. The first-order valence-corrected chi connectivity index (χ1v) is 6.00. The van der Waals surface area contributed by atoms with Crippen LogP contribution in [0.4, 0.5) is 0 Å². The third-order valence-electron chi connectivity index (χ3n) is 2.23. The molecule has 16 heavy (non-hydrogen) atoms. The van der Waals surface area contributed by atoms with Crippen molar-refractivity contribution in [2.75, 3.05) is 0 Å². The Labute approximate surface area is 98.9 Å². The zero-order valence-corrected chi connectivity index (χ0v) is 9.91. The van der Waals surface area contributed by atoms with E-state index in [2.05, 4.69) is 4.98 Å². The van der Waals surface area contributed by atoms with E-state index in [1.807, 2.05) is 36.6 Å². The van der Waals surface area contributed by atoms with Gasteiger partial charge < -0.3 is 10.5 Å². The molecule has 0 amide bonds. The van der Waals surface area contributed by atoms with Crippen LogP contribution in [-0.2, 0) is 6.61 Å². The predicted molar refractivity (Wildman–Crippen MR) is 65.5 cm³/mol. The quantitative estimate of drug-likeness (QED) is 0.884. The van der Waals surface area contributed by atoms with Crippen molar-refractivity contribution in [3.8, 4) is 5.75 Å². The highest BCUT2D eigenvalue weighted by molar-refractivity contribution is 7.09. The lowest BCUT2D eigenvalue weighted by Gasteiger charge is -2.08. The molecule has 0 aliphatic carbocycles. The number of hydrogen-bond acceptors (Lipinski definition) is 4. The van der Waals surface area contributed by atoms with Crippen LogP contribution in [0.1, 0.15) is 23.5 Å². The average Bonchev–Trinajstić information content (AvgIpc) is 2.79. The smallest absolute Gasteiger partial charge is 0.140 e. The SMILES string of the molecule is C[C@@H](N)c1cccc(OCc2nccs2)c1. The summed E-state index contributed by atoms with van der Waals surface area (Å²) in [5.41, 5.74) is 6.89. The molecule has 1 atom stereocenters. The van der Waals surface area contributed by atoms with Gasteiger partial charge in [0.05, 0.1) is 0 Å². The van der Waals surface area contributed by atoms with Gasteiger partial charge in [-0.15, -0.1) is 11.3 Å². The zero-order chi connectivity index (χ0) is 11.4. The van der Waals surface area contributed by atoms with E-state index in [1.54, 1.807) is 17.5 Å². The molecule has 2 aromatic rings. The van der Waals surface area contributed by atoms with Crippen LogP contribution in [0, 0.1) is 0 Å². The molecule has 0 unspecified atom stereocenters. The largest absolute Gasteiger partial charge is 0.486 e. The molecule has 0 bridgehead atoms. The molecule has 0 aliphatic heterocycles. The Bertz CT molecular complexity index is 440. The maximum atomic E-state index is 5.81. The Morgan fingerprint density at radius 2 is 2.38 bits per heavy atom. The van der Waals surface area contributed by atoms with Crippen molar-refractivity contribution in [3.63, 3.8) is 0 Å². The van der Waals surface area contributed by atoms with Crippen LogP contribution >= 0.6 is 11.3 Å². The summed E-state index contributed by atoms with van der Waals surface area (Å²) in [4.78, 5) is 4.16. The van der Waals surface area contributed by atoms with Gasteiger partial charge in [-0.1, -0.05) is 12.1 Å². The van der Waals surface area contributed by atoms with Crippen LogP contribution in [0.3, 0.4) is 0 Å². The van der Waals surface area contributed by atoms with E-state index in [0.29, 0.717) is 6.61 Å². The van der Waals surface area contributed by atoms with E-state index in [9.17, 15) is 0 Å². The lowest BCUT2D eigenvalue weighted by Crippen LogP contribution is -2.05. The molecule has 0 saturated carbocycles. The highest BCUT2D eigenvalue weighted by Crippen LogP contribution is 2.19. The normalized spacial score (nSPS) is 12.4. The number of rotatable bonds is 4. The van der Waals surface area contributed by atoms with Crippen LogP contribution < -0.4 is 10.5 Å². The Morgan fingerprint density at radius 1 is 1.50 bits per heavy atom. The first-order chi connectivity index (χ1) is 7.75. The number of thiazole rings is 1. The Balaban J connectivity index is 2.01.